The van der Waals surface area contributed by atoms with E-state index in [0.717, 1.165) is 0 Å². The molecule has 0 fully saturated rings. The molecule has 0 spiro atoms. The van der Waals surface area contributed by atoms with Gasteiger partial charge in [0.25, 0.3) is 0 Å². The molecule has 31 heavy (non-hydrogen) atoms. The van der Waals surface area contributed by atoms with Gasteiger partial charge in [0.05, 0.1) is 37.3 Å². The van der Waals surface area contributed by atoms with Gasteiger partial charge >= 0.3 is 0 Å². The lowest BCUT2D eigenvalue weighted by Crippen LogP contribution is -2.23. The maximum absolute atomic E-state index is 15.2. The van der Waals surface area contributed by atoms with Crippen molar-refractivity contribution in [3.63, 3.8) is 0 Å². The molecule has 11 heteroatoms. The number of H-pyrrole nitrogens is 1. The molecule has 1 atom stereocenters. The molecule has 9 nitrogen and oxygen atoms in total. The third-order valence-electron chi connectivity index (χ3n) is 5.18. The van der Waals surface area contributed by atoms with E-state index in [2.05, 4.69) is 25.5 Å². The lowest BCUT2D eigenvalue weighted by Gasteiger charge is -2.10. The van der Waals surface area contributed by atoms with Crippen molar-refractivity contribution in [3.8, 4) is 23.0 Å². The molecule has 0 amide bonds. The second-order valence-electron chi connectivity index (χ2n) is 7.06. The van der Waals surface area contributed by atoms with E-state index >= 15 is 4.39 Å². The number of aryl methyl sites for hydroxylation is 1. The van der Waals surface area contributed by atoms with Crippen molar-refractivity contribution in [2.45, 2.75) is 13.0 Å². The standard InChI is InChI=1S/C20H23ClFN7O2/c1-11(24-6-8-30-3)19-25-20(27-26-19)18-17(29-7-5-23-10-29)12-9-13(31-4)14(21)15(22)16(12)28(18)2/h5,7,9-11,24H,6,8H2,1-4H3,(H,25,26,27)/t11-/m0/s1. The number of halogens is 2. The first-order valence-corrected chi connectivity index (χ1v) is 10.0. The van der Waals surface area contributed by atoms with Crippen molar-refractivity contribution in [2.75, 3.05) is 27.4 Å². The van der Waals surface area contributed by atoms with E-state index in [9.17, 15) is 0 Å². The maximum Gasteiger partial charge on any atom is 0.180 e. The van der Waals surface area contributed by atoms with Crippen LogP contribution in [0.15, 0.2) is 24.8 Å². The van der Waals surface area contributed by atoms with Crippen LogP contribution in [0.2, 0.25) is 5.02 Å². The van der Waals surface area contributed by atoms with E-state index in [-0.39, 0.29) is 16.8 Å². The molecular formula is C20H23ClFN7O2. The van der Waals surface area contributed by atoms with Gasteiger partial charge in [-0.25, -0.2) is 9.37 Å². The predicted molar refractivity (Wildman–Crippen MR) is 115 cm³/mol. The van der Waals surface area contributed by atoms with Crippen LogP contribution < -0.4 is 10.1 Å². The third kappa shape index (κ3) is 3.67. The fourth-order valence-corrected chi connectivity index (χ4v) is 3.84. The molecule has 164 valence electrons. The Labute approximate surface area is 183 Å². The Morgan fingerprint density at radius 3 is 2.81 bits per heavy atom. The summed E-state index contributed by atoms with van der Waals surface area (Å²) in [6.45, 7) is 3.23. The van der Waals surface area contributed by atoms with Gasteiger partial charge in [-0.05, 0) is 13.0 Å². The minimum Gasteiger partial charge on any atom is -0.495 e. The topological polar surface area (TPSA) is 94.8 Å². The van der Waals surface area contributed by atoms with Crippen molar-refractivity contribution in [3.05, 3.63) is 41.5 Å². The molecule has 0 aliphatic heterocycles. The highest BCUT2D eigenvalue weighted by atomic mass is 35.5. The normalized spacial score (nSPS) is 12.6. The number of nitrogens with zero attached hydrogens (tertiary/aromatic N) is 5. The molecule has 0 unspecified atom stereocenters. The van der Waals surface area contributed by atoms with Gasteiger partial charge in [-0.1, -0.05) is 11.6 Å². The second-order valence-corrected chi connectivity index (χ2v) is 7.43. The SMILES string of the molecule is COCCN[C@@H](C)c1nnc(-c2c(-n3ccnc3)c3cc(OC)c(Cl)c(F)c3n2C)[nH]1. The average Bonchev–Trinajstić information content (AvgIpc) is 3.50. The van der Waals surface area contributed by atoms with Crippen LogP contribution in [0.3, 0.4) is 0 Å². The van der Waals surface area contributed by atoms with Crippen LogP contribution >= 0.6 is 11.6 Å². The zero-order chi connectivity index (χ0) is 22.1. The molecule has 3 aromatic heterocycles. The van der Waals surface area contributed by atoms with E-state index in [1.807, 2.05) is 6.92 Å². The molecule has 4 aromatic rings. The van der Waals surface area contributed by atoms with Gasteiger partial charge in [-0.15, -0.1) is 10.2 Å². The number of hydrogen-bond acceptors (Lipinski definition) is 6. The van der Waals surface area contributed by atoms with Crippen LogP contribution in [0.5, 0.6) is 5.75 Å². The van der Waals surface area contributed by atoms with E-state index in [1.54, 1.807) is 48.1 Å². The summed E-state index contributed by atoms with van der Waals surface area (Å²) in [5.41, 5.74) is 1.65. The number of aromatic amines is 1. The van der Waals surface area contributed by atoms with Gasteiger partial charge < -0.3 is 28.9 Å². The van der Waals surface area contributed by atoms with Gasteiger partial charge in [0.1, 0.15) is 22.3 Å². The van der Waals surface area contributed by atoms with Gasteiger partial charge in [-0.3, -0.25) is 0 Å². The molecular weight excluding hydrogens is 425 g/mol. The smallest absolute Gasteiger partial charge is 0.180 e. The summed E-state index contributed by atoms with van der Waals surface area (Å²) in [7, 11) is 4.86. The van der Waals surface area contributed by atoms with Crippen molar-refractivity contribution >= 4 is 22.5 Å². The van der Waals surface area contributed by atoms with Crippen LogP contribution in [0.1, 0.15) is 18.8 Å². The van der Waals surface area contributed by atoms with Crippen LogP contribution in [-0.4, -0.2) is 56.7 Å². The Hall–Kier alpha value is -2.95. The highest BCUT2D eigenvalue weighted by Crippen LogP contribution is 2.41. The number of hydrogen-bond donors (Lipinski definition) is 2. The van der Waals surface area contributed by atoms with Crippen molar-refractivity contribution in [1.82, 2.24) is 34.6 Å². The number of methoxy groups -OCH3 is 2. The highest BCUT2D eigenvalue weighted by molar-refractivity contribution is 6.33. The lowest BCUT2D eigenvalue weighted by molar-refractivity contribution is 0.196. The number of rotatable bonds is 8. The summed E-state index contributed by atoms with van der Waals surface area (Å²) < 4.78 is 29.1. The Morgan fingerprint density at radius 2 is 2.13 bits per heavy atom. The first kappa shape index (κ1) is 21.3. The zero-order valence-corrected chi connectivity index (χ0v) is 18.4. The molecule has 0 aliphatic carbocycles. The number of benzene rings is 1. The molecule has 0 radical (unpaired) electrons. The summed E-state index contributed by atoms with van der Waals surface area (Å²) in [5.74, 6) is 0.830. The van der Waals surface area contributed by atoms with Crippen molar-refractivity contribution in [2.24, 2.45) is 7.05 Å². The van der Waals surface area contributed by atoms with E-state index in [4.69, 9.17) is 21.1 Å². The molecule has 0 bridgehead atoms. The Balaban J connectivity index is 1.90. The van der Waals surface area contributed by atoms with Gasteiger partial charge in [0, 0.05) is 38.5 Å². The Bertz CT molecular complexity index is 1200. The molecule has 0 saturated heterocycles. The van der Waals surface area contributed by atoms with Crippen LogP contribution in [-0.2, 0) is 11.8 Å². The fourth-order valence-electron chi connectivity index (χ4n) is 3.62. The van der Waals surface area contributed by atoms with Crippen molar-refractivity contribution in [1.29, 1.82) is 0 Å². The van der Waals surface area contributed by atoms with Crippen LogP contribution in [0.4, 0.5) is 4.39 Å². The highest BCUT2D eigenvalue weighted by Gasteiger charge is 2.26. The molecule has 3 heterocycles. The van der Waals surface area contributed by atoms with Gasteiger partial charge in [0.2, 0.25) is 0 Å². The number of fused-ring (bicyclic) bond motifs is 1. The minimum atomic E-state index is -0.569. The lowest BCUT2D eigenvalue weighted by atomic mass is 10.2. The Morgan fingerprint density at radius 1 is 1.32 bits per heavy atom. The van der Waals surface area contributed by atoms with E-state index < -0.39 is 5.82 Å². The van der Waals surface area contributed by atoms with Gasteiger partial charge in [0.15, 0.2) is 11.6 Å². The first-order chi connectivity index (χ1) is 15.0. The molecule has 0 saturated carbocycles. The summed E-state index contributed by atoms with van der Waals surface area (Å²) in [6.07, 6.45) is 5.08. The summed E-state index contributed by atoms with van der Waals surface area (Å²) in [4.78, 5) is 7.40. The second kappa shape index (κ2) is 8.66. The monoisotopic (exact) mass is 447 g/mol. The van der Waals surface area contributed by atoms with E-state index in [1.165, 1.54) is 7.11 Å². The predicted octanol–water partition coefficient (Wildman–Crippen LogP) is 3.25. The van der Waals surface area contributed by atoms with E-state index in [0.29, 0.717) is 47.1 Å². The number of ether oxygens (including phenoxy) is 2. The van der Waals surface area contributed by atoms with Crippen molar-refractivity contribution < 1.29 is 13.9 Å². The quantitative estimate of drug-likeness (QED) is 0.403. The van der Waals surface area contributed by atoms with Crippen LogP contribution in [0.25, 0.3) is 28.1 Å². The third-order valence-corrected chi connectivity index (χ3v) is 5.53. The fraction of sp³-hybridized carbons (Fsp3) is 0.350. The summed E-state index contributed by atoms with van der Waals surface area (Å²) in [6, 6.07) is 1.64. The number of imidazole rings is 1. The summed E-state index contributed by atoms with van der Waals surface area (Å²) >= 11 is 6.20. The average molecular weight is 448 g/mol. The number of nitrogens with one attached hydrogen (secondary N) is 2. The molecule has 1 aromatic carbocycles. The molecule has 2 N–H and O–H groups in total. The maximum atomic E-state index is 15.2. The number of aromatic nitrogens is 6. The minimum absolute atomic E-state index is 0.0749. The van der Waals surface area contributed by atoms with Gasteiger partial charge in [-0.2, -0.15) is 0 Å². The van der Waals surface area contributed by atoms with Crippen LogP contribution in [0, 0.1) is 5.82 Å². The zero-order valence-electron chi connectivity index (χ0n) is 17.6. The summed E-state index contributed by atoms with van der Waals surface area (Å²) in [5, 5.41) is 12.5. The molecule has 4 rings (SSSR count). The Kier molecular flexibility index (Phi) is 5.94. The molecule has 0 aliphatic rings. The largest absolute Gasteiger partial charge is 0.495 e. The first-order valence-electron chi connectivity index (χ1n) is 9.65.